The summed E-state index contributed by atoms with van der Waals surface area (Å²) in [5, 5.41) is 30.9. The van der Waals surface area contributed by atoms with Crippen LogP contribution in [0, 0.1) is 0 Å². The van der Waals surface area contributed by atoms with Crippen LogP contribution < -0.4 is 16.0 Å². The number of hydrogen-bond donors (Lipinski definition) is 6. The number of fused-ring (bicyclic) bond motifs is 1. The molecule has 4 aromatic rings. The fraction of sp³-hybridized carbons (Fsp3) is 0.382. The van der Waals surface area contributed by atoms with Crippen LogP contribution in [0.15, 0.2) is 84.9 Å². The zero-order valence-electron chi connectivity index (χ0n) is 25.9. The van der Waals surface area contributed by atoms with Gasteiger partial charge in [-0.2, -0.15) is 0 Å². The molecule has 0 unspecified atom stereocenters. The lowest BCUT2D eigenvalue weighted by Gasteiger charge is -2.28. The van der Waals surface area contributed by atoms with E-state index in [0.29, 0.717) is 18.7 Å². The van der Waals surface area contributed by atoms with Gasteiger partial charge in [-0.25, -0.2) is 14.6 Å². The Balaban J connectivity index is 1.34. The lowest BCUT2D eigenvalue weighted by Crippen LogP contribution is -2.52. The number of alkyl carbamates (subject to hydrolysis) is 2. The molecule has 0 bridgehead atoms. The Hall–Kier alpha value is -4.45. The van der Waals surface area contributed by atoms with Crippen molar-refractivity contribution in [3.05, 3.63) is 102 Å². The number of para-hydroxylation sites is 2. The van der Waals surface area contributed by atoms with Crippen LogP contribution in [-0.4, -0.2) is 75.3 Å². The summed E-state index contributed by atoms with van der Waals surface area (Å²) in [5.74, 6) is 0.507. The number of rotatable bonds is 14. The highest BCUT2D eigenvalue weighted by molar-refractivity contribution is 5.74. The Morgan fingerprint density at radius 1 is 0.778 bits per heavy atom. The molecule has 0 aliphatic carbocycles. The number of carbonyl (C=O) groups excluding carboxylic acids is 2. The predicted molar refractivity (Wildman–Crippen MR) is 172 cm³/mol. The second kappa shape index (κ2) is 16.0. The number of amides is 2. The van der Waals surface area contributed by atoms with E-state index < -0.39 is 42.1 Å². The molecule has 0 saturated heterocycles. The van der Waals surface area contributed by atoms with Gasteiger partial charge in [-0.15, -0.1) is 0 Å². The van der Waals surface area contributed by atoms with Crippen LogP contribution in [0.2, 0.25) is 0 Å². The first-order chi connectivity index (χ1) is 21.6. The van der Waals surface area contributed by atoms with Crippen LogP contribution in [0.5, 0.6) is 0 Å². The van der Waals surface area contributed by atoms with Crippen molar-refractivity contribution in [3.8, 4) is 0 Å². The van der Waals surface area contributed by atoms with Gasteiger partial charge in [0.1, 0.15) is 11.4 Å². The van der Waals surface area contributed by atoms with Gasteiger partial charge in [-0.05, 0) is 56.9 Å². The predicted octanol–water partition coefficient (Wildman–Crippen LogP) is 3.85. The third-order valence-electron chi connectivity index (χ3n) is 7.02. The fourth-order valence-electron chi connectivity index (χ4n) is 4.83. The number of imidazole rings is 1. The first-order valence-electron chi connectivity index (χ1n) is 15.1. The third kappa shape index (κ3) is 11.2. The second-order valence-corrected chi connectivity index (χ2v) is 12.0. The normalized spacial score (nSPS) is 14.2. The summed E-state index contributed by atoms with van der Waals surface area (Å²) in [6.07, 6.45) is -2.62. The zero-order valence-corrected chi connectivity index (χ0v) is 25.9. The average Bonchev–Trinajstić information content (AvgIpc) is 3.42. The van der Waals surface area contributed by atoms with Crippen molar-refractivity contribution in [1.82, 2.24) is 25.9 Å². The van der Waals surface area contributed by atoms with E-state index in [4.69, 9.17) is 9.47 Å². The van der Waals surface area contributed by atoms with Crippen molar-refractivity contribution in [3.63, 3.8) is 0 Å². The Kier molecular flexibility index (Phi) is 11.9. The number of aromatic amines is 1. The number of nitrogens with zero attached hydrogens (tertiary/aromatic N) is 1. The fourth-order valence-corrected chi connectivity index (χ4v) is 4.83. The minimum Gasteiger partial charge on any atom is -0.444 e. The molecule has 11 heteroatoms. The summed E-state index contributed by atoms with van der Waals surface area (Å²) in [6, 6.07) is 25.2. The van der Waals surface area contributed by atoms with Crippen LogP contribution >= 0.6 is 0 Å². The largest absolute Gasteiger partial charge is 0.444 e. The van der Waals surface area contributed by atoms with E-state index in [1.54, 1.807) is 20.8 Å². The molecule has 0 spiro atoms. The number of aromatic nitrogens is 2. The van der Waals surface area contributed by atoms with Gasteiger partial charge in [0, 0.05) is 13.1 Å². The van der Waals surface area contributed by atoms with Crippen molar-refractivity contribution in [1.29, 1.82) is 0 Å². The van der Waals surface area contributed by atoms with Crippen molar-refractivity contribution in [2.45, 2.75) is 70.1 Å². The summed E-state index contributed by atoms with van der Waals surface area (Å²) < 4.78 is 10.8. The second-order valence-electron chi connectivity index (χ2n) is 12.0. The van der Waals surface area contributed by atoms with Crippen LogP contribution in [-0.2, 0) is 28.9 Å². The first kappa shape index (κ1) is 33.4. The first-order valence-corrected chi connectivity index (χ1v) is 15.1. The van der Waals surface area contributed by atoms with Gasteiger partial charge in [0.2, 0.25) is 0 Å². The van der Waals surface area contributed by atoms with Gasteiger partial charge >= 0.3 is 12.2 Å². The lowest BCUT2D eigenvalue weighted by atomic mass is 10.00. The molecule has 45 heavy (non-hydrogen) atoms. The third-order valence-corrected chi connectivity index (χ3v) is 7.02. The number of carbonyl (C=O) groups is 2. The van der Waals surface area contributed by atoms with Crippen LogP contribution in [0.3, 0.4) is 0 Å². The number of H-pyrrole nitrogens is 1. The van der Waals surface area contributed by atoms with E-state index in [0.717, 1.165) is 22.2 Å². The van der Waals surface area contributed by atoms with Crippen LogP contribution in [0.4, 0.5) is 9.59 Å². The molecule has 4 rings (SSSR count). The standard InChI is InChI=1S/C34H43N5O6/c1-34(2,3)45-33(43)39-28(19-24-14-8-5-9-15-24)30(41)21-35-20-29(40)27(18-23-12-6-4-7-13-23)38-32(42)44-22-31-36-25-16-10-11-17-26(25)37-31/h4-17,27-30,35,40-41H,18-22H2,1-3H3,(H,36,37)(H,38,42)(H,39,43)/t27-,28-,29+,30+/m0/s1. The van der Waals surface area contributed by atoms with E-state index in [9.17, 15) is 19.8 Å². The summed E-state index contributed by atoms with van der Waals surface area (Å²) >= 11 is 0. The van der Waals surface area contributed by atoms with Crippen molar-refractivity contribution in [2.75, 3.05) is 13.1 Å². The molecule has 0 aliphatic heterocycles. The highest BCUT2D eigenvalue weighted by atomic mass is 16.6. The molecule has 4 atom stereocenters. The Morgan fingerprint density at radius 3 is 1.82 bits per heavy atom. The maximum absolute atomic E-state index is 12.8. The topological polar surface area (TPSA) is 158 Å². The van der Waals surface area contributed by atoms with Crippen LogP contribution in [0.1, 0.15) is 37.7 Å². The number of hydrogen-bond acceptors (Lipinski definition) is 8. The minimum atomic E-state index is -1.03. The SMILES string of the molecule is CC(C)(C)OC(=O)N[C@@H](Cc1ccccc1)[C@H](O)CNC[C@@H](O)[C@H](Cc1ccccc1)NC(=O)OCc1nc2ccccc2[nH]1. The molecular formula is C34H43N5O6. The van der Waals surface area contributed by atoms with Gasteiger partial charge in [-0.1, -0.05) is 72.8 Å². The molecule has 0 radical (unpaired) electrons. The number of aliphatic hydroxyl groups is 2. The molecule has 0 saturated carbocycles. The monoisotopic (exact) mass is 617 g/mol. The van der Waals surface area contributed by atoms with E-state index >= 15 is 0 Å². The number of aliphatic hydroxyl groups excluding tert-OH is 2. The van der Waals surface area contributed by atoms with Gasteiger partial charge in [0.05, 0.1) is 35.3 Å². The highest BCUT2D eigenvalue weighted by Crippen LogP contribution is 2.13. The Morgan fingerprint density at radius 2 is 1.29 bits per heavy atom. The van der Waals surface area contributed by atoms with E-state index in [1.807, 2.05) is 84.9 Å². The molecule has 3 aromatic carbocycles. The van der Waals surface area contributed by atoms with E-state index in [1.165, 1.54) is 0 Å². The molecular weight excluding hydrogens is 574 g/mol. The van der Waals surface area contributed by atoms with E-state index in [2.05, 4.69) is 25.9 Å². The maximum Gasteiger partial charge on any atom is 0.407 e. The Labute approximate surface area is 263 Å². The average molecular weight is 618 g/mol. The maximum atomic E-state index is 12.8. The van der Waals surface area contributed by atoms with Gasteiger partial charge in [0.15, 0.2) is 6.61 Å². The lowest BCUT2D eigenvalue weighted by molar-refractivity contribution is 0.0415. The summed E-state index contributed by atoms with van der Waals surface area (Å²) in [6.45, 7) is 5.38. The Bertz CT molecular complexity index is 1460. The molecule has 11 nitrogen and oxygen atoms in total. The van der Waals surface area contributed by atoms with Gasteiger partial charge in [0.25, 0.3) is 0 Å². The summed E-state index contributed by atoms with van der Waals surface area (Å²) in [5.41, 5.74) is 2.78. The molecule has 6 N–H and O–H groups in total. The molecule has 1 heterocycles. The van der Waals surface area contributed by atoms with Crippen molar-refractivity contribution < 1.29 is 29.3 Å². The summed E-state index contributed by atoms with van der Waals surface area (Å²) in [7, 11) is 0. The van der Waals surface area contributed by atoms with Crippen molar-refractivity contribution >= 4 is 23.2 Å². The number of nitrogens with one attached hydrogen (secondary N) is 4. The minimum absolute atomic E-state index is 0.0584. The smallest absolute Gasteiger partial charge is 0.407 e. The zero-order chi connectivity index (χ0) is 32.2. The number of benzene rings is 3. The van der Waals surface area contributed by atoms with Gasteiger partial charge < -0.3 is 40.6 Å². The quantitative estimate of drug-likeness (QED) is 0.125. The molecule has 0 fully saturated rings. The highest BCUT2D eigenvalue weighted by Gasteiger charge is 2.27. The molecule has 2 amide bonds. The summed E-state index contributed by atoms with van der Waals surface area (Å²) in [4.78, 5) is 32.9. The van der Waals surface area contributed by atoms with Crippen molar-refractivity contribution in [2.24, 2.45) is 0 Å². The van der Waals surface area contributed by atoms with Gasteiger partial charge in [-0.3, -0.25) is 0 Å². The van der Waals surface area contributed by atoms with E-state index in [-0.39, 0.29) is 19.7 Å². The molecule has 0 aliphatic rings. The van der Waals surface area contributed by atoms with Crippen LogP contribution in [0.25, 0.3) is 11.0 Å². The molecule has 1 aromatic heterocycles. The molecule has 240 valence electrons. The number of ether oxygens (including phenoxy) is 2.